The zero-order valence-electron chi connectivity index (χ0n) is 18.7. The van der Waals surface area contributed by atoms with E-state index in [-0.39, 0.29) is 12.5 Å². The molecule has 1 amide bonds. The van der Waals surface area contributed by atoms with Crippen LogP contribution >= 0.6 is 15.9 Å². The Kier molecular flexibility index (Phi) is 9.32. The first-order chi connectivity index (χ1) is 16.1. The van der Waals surface area contributed by atoms with Crippen molar-refractivity contribution in [1.29, 1.82) is 0 Å². The highest BCUT2D eigenvalue weighted by Gasteiger charge is 2.12. The Labute approximate surface area is 202 Å². The fraction of sp³-hybridized carbons (Fsp3) is 0.231. The number of aryl methyl sites for hydroxylation is 1. The number of nitrogens with zero attached hydrogens (tertiary/aromatic N) is 1. The van der Waals surface area contributed by atoms with Gasteiger partial charge in [0, 0.05) is 0 Å². The third-order valence-corrected chi connectivity index (χ3v) is 5.30. The number of methoxy groups -OCH3 is 1. The van der Waals surface area contributed by atoms with Crippen molar-refractivity contribution < 1.29 is 19.0 Å². The third kappa shape index (κ3) is 7.64. The summed E-state index contributed by atoms with van der Waals surface area (Å²) in [5.74, 6) is 1.45. The van der Waals surface area contributed by atoms with Crippen LogP contribution in [0.2, 0.25) is 0 Å². The zero-order chi connectivity index (χ0) is 23.5. The second kappa shape index (κ2) is 12.6. The molecule has 3 rings (SSSR count). The van der Waals surface area contributed by atoms with Crippen LogP contribution < -0.4 is 19.6 Å². The molecule has 0 aliphatic heterocycles. The van der Waals surface area contributed by atoms with Gasteiger partial charge in [-0.3, -0.25) is 4.79 Å². The van der Waals surface area contributed by atoms with Gasteiger partial charge in [0.25, 0.3) is 5.91 Å². The summed E-state index contributed by atoms with van der Waals surface area (Å²) >= 11 is 3.52. The van der Waals surface area contributed by atoms with Crippen molar-refractivity contribution in [2.24, 2.45) is 5.10 Å². The lowest BCUT2D eigenvalue weighted by atomic mass is 10.1. The van der Waals surface area contributed by atoms with Crippen LogP contribution in [0.3, 0.4) is 0 Å². The van der Waals surface area contributed by atoms with E-state index >= 15 is 0 Å². The summed E-state index contributed by atoms with van der Waals surface area (Å²) in [4.78, 5) is 12.0. The smallest absolute Gasteiger partial charge is 0.277 e. The summed E-state index contributed by atoms with van der Waals surface area (Å²) in [7, 11) is 1.58. The van der Waals surface area contributed by atoms with Crippen molar-refractivity contribution in [2.45, 2.75) is 26.4 Å². The number of ether oxygens (including phenoxy) is 3. The molecule has 0 aliphatic rings. The molecule has 1 N–H and O–H groups in total. The number of rotatable bonds is 11. The van der Waals surface area contributed by atoms with Gasteiger partial charge in [-0.2, -0.15) is 5.10 Å². The monoisotopic (exact) mass is 510 g/mol. The zero-order valence-corrected chi connectivity index (χ0v) is 20.3. The summed E-state index contributed by atoms with van der Waals surface area (Å²) in [6, 6.07) is 21.3. The number of hydrogen-bond acceptors (Lipinski definition) is 5. The Balaban J connectivity index is 1.53. The minimum Gasteiger partial charge on any atom is -0.493 e. The molecule has 3 aromatic rings. The molecule has 0 atom stereocenters. The molecule has 0 saturated heterocycles. The van der Waals surface area contributed by atoms with Crippen molar-refractivity contribution in [3.63, 3.8) is 0 Å². The van der Waals surface area contributed by atoms with Gasteiger partial charge in [0.2, 0.25) is 0 Å². The van der Waals surface area contributed by atoms with Crippen molar-refractivity contribution in [2.75, 3.05) is 13.7 Å². The topological polar surface area (TPSA) is 69.2 Å². The predicted octanol–water partition coefficient (Wildman–Crippen LogP) is 5.52. The number of amides is 1. The van der Waals surface area contributed by atoms with Crippen LogP contribution in [0.5, 0.6) is 17.2 Å². The van der Waals surface area contributed by atoms with Gasteiger partial charge < -0.3 is 14.2 Å². The fourth-order valence-corrected chi connectivity index (χ4v) is 3.66. The third-order valence-electron chi connectivity index (χ3n) is 4.71. The summed E-state index contributed by atoms with van der Waals surface area (Å²) < 4.78 is 17.6. The van der Waals surface area contributed by atoms with Crippen molar-refractivity contribution in [3.8, 4) is 17.2 Å². The van der Waals surface area contributed by atoms with E-state index < -0.39 is 0 Å². The number of benzene rings is 3. The average Bonchev–Trinajstić information content (AvgIpc) is 2.83. The number of hydrogen-bond donors (Lipinski definition) is 1. The lowest BCUT2D eigenvalue weighted by molar-refractivity contribution is -0.123. The molecule has 0 aliphatic carbocycles. The van der Waals surface area contributed by atoms with Gasteiger partial charge in [0.05, 0.1) is 17.8 Å². The van der Waals surface area contributed by atoms with E-state index in [2.05, 4.69) is 33.4 Å². The standard InChI is InChI=1S/C26H27BrN2O4/c1-3-7-19-10-12-22(13-11-19)32-18-25(30)29-28-16-21-14-23(27)26(24(15-21)31-2)33-17-20-8-5-4-6-9-20/h4-6,8-16H,3,7,17-18H2,1-2H3,(H,29,30)/b28-16+. The molecule has 7 heteroatoms. The second-order valence-electron chi connectivity index (χ2n) is 7.28. The fourth-order valence-electron chi connectivity index (χ4n) is 3.09. The summed E-state index contributed by atoms with van der Waals surface area (Å²) in [5, 5.41) is 4.01. The second-order valence-corrected chi connectivity index (χ2v) is 8.14. The lowest BCUT2D eigenvalue weighted by Crippen LogP contribution is -2.24. The Bertz CT molecular complexity index is 1070. The highest BCUT2D eigenvalue weighted by Crippen LogP contribution is 2.36. The largest absolute Gasteiger partial charge is 0.493 e. The van der Waals surface area contributed by atoms with Crippen molar-refractivity contribution in [3.05, 3.63) is 87.9 Å². The minimum atomic E-state index is -0.349. The molecule has 172 valence electrons. The number of carbonyl (C=O) groups excluding carboxylic acids is 1. The van der Waals surface area contributed by atoms with Gasteiger partial charge in [0.1, 0.15) is 12.4 Å². The first kappa shape index (κ1) is 24.3. The number of nitrogens with one attached hydrogen (secondary N) is 1. The van der Waals surface area contributed by atoms with E-state index in [1.165, 1.54) is 11.8 Å². The highest BCUT2D eigenvalue weighted by molar-refractivity contribution is 9.10. The van der Waals surface area contributed by atoms with Crippen LogP contribution in [-0.4, -0.2) is 25.8 Å². The Morgan fingerprint density at radius 3 is 2.48 bits per heavy atom. The molecule has 3 aromatic carbocycles. The molecular formula is C26H27BrN2O4. The first-order valence-electron chi connectivity index (χ1n) is 10.7. The summed E-state index contributed by atoms with van der Waals surface area (Å²) in [6.45, 7) is 2.43. The lowest BCUT2D eigenvalue weighted by Gasteiger charge is -2.13. The molecule has 0 unspecified atom stereocenters. The maximum absolute atomic E-state index is 12.0. The van der Waals surface area contributed by atoms with Crippen LogP contribution in [0.1, 0.15) is 30.0 Å². The van der Waals surface area contributed by atoms with Gasteiger partial charge in [-0.15, -0.1) is 0 Å². The molecule has 33 heavy (non-hydrogen) atoms. The Hall–Kier alpha value is -3.32. The van der Waals surface area contributed by atoms with E-state index in [0.29, 0.717) is 23.9 Å². The van der Waals surface area contributed by atoms with E-state index in [4.69, 9.17) is 14.2 Å². The molecule has 6 nitrogen and oxygen atoms in total. The Morgan fingerprint density at radius 2 is 1.79 bits per heavy atom. The van der Waals surface area contributed by atoms with Gasteiger partial charge in [-0.05, 0) is 63.3 Å². The quantitative estimate of drug-likeness (QED) is 0.272. The summed E-state index contributed by atoms with van der Waals surface area (Å²) in [6.07, 6.45) is 3.65. The van der Waals surface area contributed by atoms with Crippen LogP contribution in [0, 0.1) is 0 Å². The van der Waals surface area contributed by atoms with Gasteiger partial charge >= 0.3 is 0 Å². The van der Waals surface area contributed by atoms with Crippen LogP contribution in [0.15, 0.2) is 76.3 Å². The molecular weight excluding hydrogens is 484 g/mol. The van der Waals surface area contributed by atoms with E-state index in [9.17, 15) is 4.79 Å². The molecule has 0 heterocycles. The average molecular weight is 511 g/mol. The van der Waals surface area contributed by atoms with Crippen LogP contribution in [-0.2, 0) is 17.8 Å². The highest BCUT2D eigenvalue weighted by atomic mass is 79.9. The molecule has 0 spiro atoms. The normalized spacial score (nSPS) is 10.8. The predicted molar refractivity (Wildman–Crippen MR) is 133 cm³/mol. The Morgan fingerprint density at radius 1 is 1.03 bits per heavy atom. The van der Waals surface area contributed by atoms with E-state index in [1.807, 2.05) is 60.7 Å². The molecule has 0 aromatic heterocycles. The van der Waals surface area contributed by atoms with Crippen molar-refractivity contribution >= 4 is 28.1 Å². The van der Waals surface area contributed by atoms with Gasteiger partial charge in [-0.1, -0.05) is 55.8 Å². The van der Waals surface area contributed by atoms with Crippen molar-refractivity contribution in [1.82, 2.24) is 5.43 Å². The van der Waals surface area contributed by atoms with E-state index in [0.717, 1.165) is 28.4 Å². The maximum Gasteiger partial charge on any atom is 0.277 e. The molecule has 0 bridgehead atoms. The summed E-state index contributed by atoms with van der Waals surface area (Å²) in [5.41, 5.74) is 5.51. The van der Waals surface area contributed by atoms with Gasteiger partial charge in [-0.25, -0.2) is 5.43 Å². The molecule has 0 radical (unpaired) electrons. The molecule has 0 fully saturated rings. The number of halogens is 1. The number of carbonyl (C=O) groups is 1. The van der Waals surface area contributed by atoms with E-state index in [1.54, 1.807) is 13.2 Å². The van der Waals surface area contributed by atoms with Gasteiger partial charge in [0.15, 0.2) is 18.1 Å². The number of hydrazone groups is 1. The van der Waals surface area contributed by atoms with Crippen LogP contribution in [0.4, 0.5) is 0 Å². The molecule has 0 saturated carbocycles. The minimum absolute atomic E-state index is 0.121. The van der Waals surface area contributed by atoms with Crippen LogP contribution in [0.25, 0.3) is 0 Å². The maximum atomic E-state index is 12.0. The first-order valence-corrected chi connectivity index (χ1v) is 11.5. The SMILES string of the molecule is CCCc1ccc(OCC(=O)N/N=C/c2cc(Br)c(OCc3ccccc3)c(OC)c2)cc1.